The van der Waals surface area contributed by atoms with E-state index in [9.17, 15) is 0 Å². The molecule has 114 valence electrons. The molecule has 2 rings (SSSR count). The first-order valence-electron chi connectivity index (χ1n) is 7.71. The molecular weight excluding hydrogens is 282 g/mol. The Kier molecular flexibility index (Phi) is 5.43. The molecule has 21 heavy (non-hydrogen) atoms. The number of benzene rings is 1. The molecule has 2 N–H and O–H groups in total. The number of aromatic nitrogens is 2. The minimum atomic E-state index is 0.163. The second kappa shape index (κ2) is 7.10. The molecule has 0 aliphatic carbocycles. The minimum absolute atomic E-state index is 0.163. The standard InChI is InChI=1S/C17H24ClN3/c1-4-13(19)9-12-7-8-16(11-17(12)18)21-15(6-3)10-14(5-2)20-21/h7-8,10-11,13H,4-6,9,19H2,1-3H3. The summed E-state index contributed by atoms with van der Waals surface area (Å²) >= 11 is 6.42. The van der Waals surface area contributed by atoms with Gasteiger partial charge in [-0.3, -0.25) is 0 Å². The molecule has 1 aromatic heterocycles. The number of hydrogen-bond acceptors (Lipinski definition) is 2. The Morgan fingerprint density at radius 3 is 2.52 bits per heavy atom. The van der Waals surface area contributed by atoms with Gasteiger partial charge < -0.3 is 5.73 Å². The third-order valence-electron chi connectivity index (χ3n) is 3.85. The Balaban J connectivity index is 2.33. The van der Waals surface area contributed by atoms with Gasteiger partial charge in [-0.05, 0) is 49.4 Å². The first-order valence-corrected chi connectivity index (χ1v) is 8.08. The second-order valence-corrected chi connectivity index (χ2v) is 5.80. The van der Waals surface area contributed by atoms with Crippen molar-refractivity contribution in [1.29, 1.82) is 0 Å². The molecule has 0 saturated heterocycles. The lowest BCUT2D eigenvalue weighted by atomic mass is 10.0. The van der Waals surface area contributed by atoms with Gasteiger partial charge in [-0.2, -0.15) is 5.10 Å². The van der Waals surface area contributed by atoms with E-state index in [-0.39, 0.29) is 6.04 Å². The first-order chi connectivity index (χ1) is 10.1. The molecule has 1 atom stereocenters. The average molecular weight is 306 g/mol. The molecular formula is C17H24ClN3. The summed E-state index contributed by atoms with van der Waals surface area (Å²) in [4.78, 5) is 0. The lowest BCUT2D eigenvalue weighted by molar-refractivity contribution is 0.646. The van der Waals surface area contributed by atoms with Gasteiger partial charge in [0.15, 0.2) is 0 Å². The zero-order valence-electron chi connectivity index (χ0n) is 13.1. The van der Waals surface area contributed by atoms with Crippen molar-refractivity contribution in [3.63, 3.8) is 0 Å². The molecule has 0 aliphatic rings. The van der Waals surface area contributed by atoms with Gasteiger partial charge in [0.2, 0.25) is 0 Å². The molecule has 0 bridgehead atoms. The maximum atomic E-state index is 6.42. The Hall–Kier alpha value is -1.32. The van der Waals surface area contributed by atoms with Gasteiger partial charge in [-0.1, -0.05) is 38.4 Å². The van der Waals surface area contributed by atoms with Crippen LogP contribution in [-0.2, 0) is 19.3 Å². The summed E-state index contributed by atoms with van der Waals surface area (Å²) in [5.74, 6) is 0. The Labute approximate surface area is 132 Å². The molecule has 1 aromatic carbocycles. The molecule has 1 unspecified atom stereocenters. The van der Waals surface area contributed by atoms with Crippen molar-refractivity contribution in [3.8, 4) is 5.69 Å². The summed E-state index contributed by atoms with van der Waals surface area (Å²) in [6.45, 7) is 6.36. The van der Waals surface area contributed by atoms with Crippen LogP contribution in [0.4, 0.5) is 0 Å². The van der Waals surface area contributed by atoms with Crippen molar-refractivity contribution in [2.45, 2.75) is 52.5 Å². The number of halogens is 1. The second-order valence-electron chi connectivity index (χ2n) is 5.39. The summed E-state index contributed by atoms with van der Waals surface area (Å²) in [6, 6.07) is 8.46. The van der Waals surface area contributed by atoms with Crippen LogP contribution in [0.1, 0.15) is 44.1 Å². The van der Waals surface area contributed by atoms with Crippen LogP contribution in [0.5, 0.6) is 0 Å². The van der Waals surface area contributed by atoms with Gasteiger partial charge in [0.1, 0.15) is 0 Å². The van der Waals surface area contributed by atoms with Crippen LogP contribution in [0, 0.1) is 0 Å². The molecule has 4 heteroatoms. The topological polar surface area (TPSA) is 43.8 Å². The van der Waals surface area contributed by atoms with Crippen molar-refractivity contribution in [2.75, 3.05) is 0 Å². The lowest BCUT2D eigenvalue weighted by Crippen LogP contribution is -2.21. The summed E-state index contributed by atoms with van der Waals surface area (Å²) < 4.78 is 1.99. The van der Waals surface area contributed by atoms with Crippen LogP contribution in [0.15, 0.2) is 24.3 Å². The molecule has 0 fully saturated rings. The fraction of sp³-hybridized carbons (Fsp3) is 0.471. The number of nitrogens with zero attached hydrogens (tertiary/aromatic N) is 2. The van der Waals surface area contributed by atoms with Crippen LogP contribution in [-0.4, -0.2) is 15.8 Å². The van der Waals surface area contributed by atoms with Crippen LogP contribution in [0.25, 0.3) is 5.69 Å². The van der Waals surface area contributed by atoms with E-state index in [0.29, 0.717) is 0 Å². The quantitative estimate of drug-likeness (QED) is 0.878. The van der Waals surface area contributed by atoms with E-state index in [2.05, 4.69) is 44.1 Å². The van der Waals surface area contributed by atoms with Gasteiger partial charge in [0, 0.05) is 16.8 Å². The maximum Gasteiger partial charge on any atom is 0.0663 e. The van der Waals surface area contributed by atoms with Gasteiger partial charge in [-0.25, -0.2) is 4.68 Å². The molecule has 0 saturated carbocycles. The number of nitrogens with two attached hydrogens (primary N) is 1. The normalized spacial score (nSPS) is 12.6. The predicted octanol–water partition coefficient (Wildman–Crippen LogP) is 3.93. The van der Waals surface area contributed by atoms with Gasteiger partial charge >= 0.3 is 0 Å². The predicted molar refractivity (Wildman–Crippen MR) is 89.3 cm³/mol. The summed E-state index contributed by atoms with van der Waals surface area (Å²) in [6.07, 6.45) is 3.66. The fourth-order valence-electron chi connectivity index (χ4n) is 2.38. The molecule has 2 aromatic rings. The molecule has 0 radical (unpaired) electrons. The monoisotopic (exact) mass is 305 g/mol. The summed E-state index contributed by atoms with van der Waals surface area (Å²) in [7, 11) is 0. The smallest absolute Gasteiger partial charge is 0.0663 e. The molecule has 0 amide bonds. The van der Waals surface area contributed by atoms with Gasteiger partial charge in [0.25, 0.3) is 0 Å². The van der Waals surface area contributed by atoms with Crippen molar-refractivity contribution < 1.29 is 0 Å². The average Bonchev–Trinajstić information content (AvgIpc) is 2.92. The van der Waals surface area contributed by atoms with E-state index < -0.39 is 0 Å². The highest BCUT2D eigenvalue weighted by molar-refractivity contribution is 6.31. The van der Waals surface area contributed by atoms with Crippen LogP contribution < -0.4 is 5.73 Å². The summed E-state index contributed by atoms with van der Waals surface area (Å²) in [5.41, 5.74) is 10.5. The third-order valence-corrected chi connectivity index (χ3v) is 4.20. The molecule has 0 spiro atoms. The van der Waals surface area contributed by atoms with Crippen molar-refractivity contribution in [1.82, 2.24) is 9.78 Å². The maximum absolute atomic E-state index is 6.42. The van der Waals surface area contributed by atoms with E-state index in [0.717, 1.165) is 47.7 Å². The summed E-state index contributed by atoms with van der Waals surface area (Å²) in [5, 5.41) is 5.42. The van der Waals surface area contributed by atoms with Gasteiger partial charge in [-0.15, -0.1) is 0 Å². The Morgan fingerprint density at radius 1 is 1.19 bits per heavy atom. The lowest BCUT2D eigenvalue weighted by Gasteiger charge is -2.12. The zero-order valence-corrected chi connectivity index (χ0v) is 13.8. The molecule has 1 heterocycles. The van der Waals surface area contributed by atoms with Crippen molar-refractivity contribution >= 4 is 11.6 Å². The fourth-order valence-corrected chi connectivity index (χ4v) is 2.64. The van der Waals surface area contributed by atoms with Gasteiger partial charge in [0.05, 0.1) is 11.4 Å². The SMILES string of the molecule is CCc1cc(CC)n(-c2ccc(CC(N)CC)c(Cl)c2)n1. The van der Waals surface area contributed by atoms with E-state index >= 15 is 0 Å². The largest absolute Gasteiger partial charge is 0.327 e. The molecule has 0 aliphatic heterocycles. The Bertz CT molecular complexity index is 604. The van der Waals surface area contributed by atoms with E-state index in [1.54, 1.807) is 0 Å². The number of aryl methyl sites for hydroxylation is 2. The van der Waals surface area contributed by atoms with E-state index in [1.807, 2.05) is 10.7 Å². The zero-order chi connectivity index (χ0) is 15.4. The van der Waals surface area contributed by atoms with E-state index in [4.69, 9.17) is 17.3 Å². The first kappa shape index (κ1) is 16.1. The van der Waals surface area contributed by atoms with Crippen LogP contribution in [0.2, 0.25) is 5.02 Å². The minimum Gasteiger partial charge on any atom is -0.327 e. The Morgan fingerprint density at radius 2 is 1.95 bits per heavy atom. The van der Waals surface area contributed by atoms with Crippen LogP contribution >= 0.6 is 11.6 Å². The van der Waals surface area contributed by atoms with E-state index in [1.165, 1.54) is 5.69 Å². The highest BCUT2D eigenvalue weighted by Gasteiger charge is 2.11. The number of hydrogen-bond donors (Lipinski definition) is 1. The highest BCUT2D eigenvalue weighted by atomic mass is 35.5. The highest BCUT2D eigenvalue weighted by Crippen LogP contribution is 2.23. The number of rotatable bonds is 6. The van der Waals surface area contributed by atoms with Crippen molar-refractivity contribution in [3.05, 3.63) is 46.2 Å². The van der Waals surface area contributed by atoms with Crippen LogP contribution in [0.3, 0.4) is 0 Å². The van der Waals surface area contributed by atoms with Crippen molar-refractivity contribution in [2.24, 2.45) is 5.73 Å². The molecule has 3 nitrogen and oxygen atoms in total. The third kappa shape index (κ3) is 3.66.